The van der Waals surface area contributed by atoms with Gasteiger partial charge in [-0.1, -0.05) is 43.7 Å². The number of nitrogens with zero attached hydrogens (tertiary/aromatic N) is 3. The molecule has 5 heteroatoms. The average Bonchev–Trinajstić information content (AvgIpc) is 2.72. The molecule has 0 bridgehead atoms. The van der Waals surface area contributed by atoms with Crippen LogP contribution in [0.25, 0.3) is 5.69 Å². The summed E-state index contributed by atoms with van der Waals surface area (Å²) in [4.78, 5) is 11.0. The molecule has 0 saturated heterocycles. The Morgan fingerprint density at radius 2 is 2.06 bits per heavy atom. The topological polar surface area (TPSA) is 47.8 Å². The molecule has 94 valence electrons. The molecular formula is C13H14ClN3O. The van der Waals surface area contributed by atoms with Crippen LogP contribution >= 0.6 is 11.6 Å². The van der Waals surface area contributed by atoms with Crippen LogP contribution in [0.3, 0.4) is 0 Å². The first-order chi connectivity index (χ1) is 8.43. The monoisotopic (exact) mass is 263 g/mol. The molecule has 1 aromatic heterocycles. The van der Waals surface area contributed by atoms with Crippen LogP contribution < -0.4 is 0 Å². The summed E-state index contributed by atoms with van der Waals surface area (Å²) in [5.74, 6) is 0. The number of carbonyl (C=O) groups is 1. The fourth-order valence-electron chi connectivity index (χ4n) is 1.86. The first kappa shape index (κ1) is 12.8. The highest BCUT2D eigenvalue weighted by Crippen LogP contribution is 2.27. The molecule has 0 spiro atoms. The van der Waals surface area contributed by atoms with E-state index in [0.717, 1.165) is 17.7 Å². The molecule has 2 aromatic rings. The van der Waals surface area contributed by atoms with E-state index in [1.54, 1.807) is 16.8 Å². The van der Waals surface area contributed by atoms with Crippen LogP contribution in [0.15, 0.2) is 24.3 Å². The molecule has 1 aromatic carbocycles. The molecule has 0 unspecified atom stereocenters. The summed E-state index contributed by atoms with van der Waals surface area (Å²) in [6, 6.07) is 7.30. The van der Waals surface area contributed by atoms with Crippen LogP contribution in [-0.4, -0.2) is 21.3 Å². The number of carbonyl (C=O) groups excluding carboxylic acids is 1. The third-order valence-corrected chi connectivity index (χ3v) is 2.81. The van der Waals surface area contributed by atoms with Crippen molar-refractivity contribution in [2.24, 2.45) is 0 Å². The molecule has 18 heavy (non-hydrogen) atoms. The third-order valence-electron chi connectivity index (χ3n) is 2.57. The molecule has 0 aliphatic rings. The molecule has 0 aliphatic heterocycles. The Morgan fingerprint density at radius 3 is 2.61 bits per heavy atom. The molecule has 0 fully saturated rings. The first-order valence-corrected chi connectivity index (χ1v) is 5.98. The summed E-state index contributed by atoms with van der Waals surface area (Å²) in [6.45, 7) is 6.04. The van der Waals surface area contributed by atoms with Gasteiger partial charge in [0.1, 0.15) is 5.69 Å². The average molecular weight is 264 g/mol. The molecule has 0 amide bonds. The van der Waals surface area contributed by atoms with Gasteiger partial charge < -0.3 is 0 Å². The van der Waals surface area contributed by atoms with Gasteiger partial charge in [0.15, 0.2) is 6.29 Å². The number of hydrogen-bond acceptors (Lipinski definition) is 3. The molecular weight excluding hydrogens is 250 g/mol. The standard InChI is InChI=1S/C13H14ClN3O/c1-13(2,3)12-11(8-18)15-16-17(12)10-6-4-5-9(14)7-10/h4-8H,1-3H3. The predicted octanol–water partition coefficient (Wildman–Crippen LogP) is 3.03. The van der Waals surface area contributed by atoms with Crippen molar-refractivity contribution < 1.29 is 4.79 Å². The fourth-order valence-corrected chi connectivity index (χ4v) is 2.05. The SMILES string of the molecule is CC(C)(C)c1c(C=O)nnn1-c1cccc(Cl)c1. The first-order valence-electron chi connectivity index (χ1n) is 5.61. The molecule has 4 nitrogen and oxygen atoms in total. The normalized spacial score (nSPS) is 11.6. The van der Waals surface area contributed by atoms with Gasteiger partial charge in [0.05, 0.1) is 11.4 Å². The van der Waals surface area contributed by atoms with E-state index in [1.165, 1.54) is 0 Å². The van der Waals surface area contributed by atoms with Crippen LogP contribution in [0.5, 0.6) is 0 Å². The van der Waals surface area contributed by atoms with Crippen LogP contribution in [0, 0.1) is 0 Å². The highest BCUT2D eigenvalue weighted by atomic mass is 35.5. The number of aromatic nitrogens is 3. The van der Waals surface area contributed by atoms with Gasteiger partial charge in [0.25, 0.3) is 0 Å². The Hall–Kier alpha value is -1.68. The molecule has 1 heterocycles. The predicted molar refractivity (Wildman–Crippen MR) is 70.5 cm³/mol. The maximum absolute atomic E-state index is 11.0. The van der Waals surface area contributed by atoms with Gasteiger partial charge in [0.2, 0.25) is 0 Å². The van der Waals surface area contributed by atoms with E-state index in [0.29, 0.717) is 10.7 Å². The van der Waals surface area contributed by atoms with Gasteiger partial charge in [-0.25, -0.2) is 4.68 Å². The number of benzene rings is 1. The van der Waals surface area contributed by atoms with Crippen molar-refractivity contribution in [3.05, 3.63) is 40.7 Å². The van der Waals surface area contributed by atoms with Crippen molar-refractivity contribution in [2.45, 2.75) is 26.2 Å². The lowest BCUT2D eigenvalue weighted by Crippen LogP contribution is -2.19. The second-order valence-corrected chi connectivity index (χ2v) is 5.52. The quantitative estimate of drug-likeness (QED) is 0.783. The maximum atomic E-state index is 11.0. The molecule has 2 rings (SSSR count). The van der Waals surface area contributed by atoms with E-state index in [9.17, 15) is 4.79 Å². The van der Waals surface area contributed by atoms with E-state index < -0.39 is 0 Å². The Morgan fingerprint density at radius 1 is 1.33 bits per heavy atom. The maximum Gasteiger partial charge on any atom is 0.172 e. The van der Waals surface area contributed by atoms with Crippen LogP contribution in [0.2, 0.25) is 5.02 Å². The number of aldehydes is 1. The van der Waals surface area contributed by atoms with Crippen LogP contribution in [-0.2, 0) is 5.41 Å². The Kier molecular flexibility index (Phi) is 3.22. The summed E-state index contributed by atoms with van der Waals surface area (Å²) in [7, 11) is 0. The second kappa shape index (κ2) is 4.53. The van der Waals surface area contributed by atoms with E-state index in [2.05, 4.69) is 10.3 Å². The highest BCUT2D eigenvalue weighted by Gasteiger charge is 2.25. The van der Waals surface area contributed by atoms with Gasteiger partial charge in [-0.05, 0) is 18.2 Å². The van der Waals surface area contributed by atoms with Crippen LogP contribution in [0.1, 0.15) is 37.0 Å². The zero-order valence-electron chi connectivity index (χ0n) is 10.5. The van der Waals surface area contributed by atoms with Crippen molar-refractivity contribution >= 4 is 17.9 Å². The molecule has 0 aliphatic carbocycles. The summed E-state index contributed by atoms with van der Waals surface area (Å²) < 4.78 is 1.66. The Bertz CT molecular complexity index is 584. The Labute approximate surface area is 111 Å². The van der Waals surface area contributed by atoms with Crippen molar-refractivity contribution in [3.63, 3.8) is 0 Å². The van der Waals surface area contributed by atoms with Gasteiger partial charge in [-0.15, -0.1) is 5.10 Å². The van der Waals surface area contributed by atoms with Gasteiger partial charge in [-0.2, -0.15) is 0 Å². The molecule has 0 radical (unpaired) electrons. The minimum atomic E-state index is -0.234. The molecule has 0 saturated carbocycles. The summed E-state index contributed by atoms with van der Waals surface area (Å²) in [5.41, 5.74) is 1.71. The van der Waals surface area contributed by atoms with E-state index >= 15 is 0 Å². The fraction of sp³-hybridized carbons (Fsp3) is 0.308. The lowest BCUT2D eigenvalue weighted by molar-refractivity contribution is 0.111. The summed E-state index contributed by atoms with van der Waals surface area (Å²) >= 11 is 5.97. The van der Waals surface area contributed by atoms with E-state index in [1.807, 2.05) is 32.9 Å². The zero-order valence-corrected chi connectivity index (χ0v) is 11.3. The van der Waals surface area contributed by atoms with Gasteiger partial charge in [0, 0.05) is 10.4 Å². The third kappa shape index (κ3) is 2.29. The summed E-state index contributed by atoms with van der Waals surface area (Å²) in [5, 5.41) is 8.57. The van der Waals surface area contributed by atoms with Crippen molar-refractivity contribution in [3.8, 4) is 5.69 Å². The molecule has 0 N–H and O–H groups in total. The second-order valence-electron chi connectivity index (χ2n) is 5.08. The van der Waals surface area contributed by atoms with Crippen LogP contribution in [0.4, 0.5) is 0 Å². The molecule has 0 atom stereocenters. The highest BCUT2D eigenvalue weighted by molar-refractivity contribution is 6.30. The zero-order chi connectivity index (χ0) is 13.3. The van der Waals surface area contributed by atoms with Crippen molar-refractivity contribution in [1.29, 1.82) is 0 Å². The Balaban J connectivity index is 2.65. The smallest absolute Gasteiger partial charge is 0.172 e. The lowest BCUT2D eigenvalue weighted by Gasteiger charge is -2.20. The summed E-state index contributed by atoms with van der Waals surface area (Å²) in [6.07, 6.45) is 0.731. The minimum Gasteiger partial charge on any atom is -0.296 e. The van der Waals surface area contributed by atoms with Gasteiger partial charge in [-0.3, -0.25) is 4.79 Å². The van der Waals surface area contributed by atoms with Crippen molar-refractivity contribution in [2.75, 3.05) is 0 Å². The largest absolute Gasteiger partial charge is 0.296 e. The van der Waals surface area contributed by atoms with E-state index in [4.69, 9.17) is 11.6 Å². The lowest BCUT2D eigenvalue weighted by atomic mass is 9.90. The van der Waals surface area contributed by atoms with Gasteiger partial charge >= 0.3 is 0 Å². The van der Waals surface area contributed by atoms with E-state index in [-0.39, 0.29) is 5.41 Å². The number of halogens is 1. The minimum absolute atomic E-state index is 0.234. The van der Waals surface area contributed by atoms with Crippen molar-refractivity contribution in [1.82, 2.24) is 15.0 Å². The number of rotatable bonds is 2. The number of hydrogen-bond donors (Lipinski definition) is 0.